The molecule has 3 N–H and O–H groups in total. The summed E-state index contributed by atoms with van der Waals surface area (Å²) in [7, 11) is 0. The lowest BCUT2D eigenvalue weighted by atomic mass is 10.1. The van der Waals surface area contributed by atoms with E-state index in [1.165, 1.54) is 0 Å². The van der Waals surface area contributed by atoms with E-state index in [-0.39, 0.29) is 17.9 Å². The zero-order chi connectivity index (χ0) is 10.4. The molecule has 0 fully saturated rings. The van der Waals surface area contributed by atoms with Crippen LogP contribution in [0.15, 0.2) is 12.2 Å². The van der Waals surface area contributed by atoms with Crippen molar-refractivity contribution in [1.82, 2.24) is 5.32 Å². The van der Waals surface area contributed by atoms with E-state index in [0.717, 1.165) is 25.7 Å². The molecule has 1 aliphatic carbocycles. The number of carbonyl (C=O) groups excluding carboxylic acids is 1. The fourth-order valence-corrected chi connectivity index (χ4v) is 1.75. The molecule has 0 saturated heterocycles. The number of rotatable bonds is 5. The minimum Gasteiger partial charge on any atom is -0.352 e. The van der Waals surface area contributed by atoms with Gasteiger partial charge in [0.05, 0.1) is 0 Å². The van der Waals surface area contributed by atoms with Crippen LogP contribution in [0.25, 0.3) is 0 Å². The monoisotopic (exact) mass is 196 g/mol. The van der Waals surface area contributed by atoms with Crippen molar-refractivity contribution in [3.63, 3.8) is 0 Å². The summed E-state index contributed by atoms with van der Waals surface area (Å²) in [4.78, 5) is 11.7. The van der Waals surface area contributed by atoms with Crippen molar-refractivity contribution in [1.29, 1.82) is 0 Å². The van der Waals surface area contributed by atoms with Gasteiger partial charge in [-0.05, 0) is 19.3 Å². The average molecular weight is 196 g/mol. The normalized spacial score (nSPS) is 18.4. The minimum atomic E-state index is 0.154. The lowest BCUT2D eigenvalue weighted by molar-refractivity contribution is -0.125. The molecule has 1 rings (SSSR count). The van der Waals surface area contributed by atoms with Gasteiger partial charge in [-0.15, -0.1) is 0 Å². The molecule has 0 radical (unpaired) electrons. The third kappa shape index (κ3) is 3.14. The molecule has 0 saturated carbocycles. The average Bonchev–Trinajstić information content (AvgIpc) is 2.69. The lowest BCUT2D eigenvalue weighted by Crippen LogP contribution is -2.42. The number of carbonyl (C=O) groups is 1. The van der Waals surface area contributed by atoms with Gasteiger partial charge in [-0.2, -0.15) is 0 Å². The summed E-state index contributed by atoms with van der Waals surface area (Å²) in [6, 6.07) is 0.160. The van der Waals surface area contributed by atoms with Gasteiger partial charge >= 0.3 is 0 Å². The predicted molar refractivity (Wildman–Crippen MR) is 57.8 cm³/mol. The van der Waals surface area contributed by atoms with Crippen LogP contribution in [-0.2, 0) is 4.79 Å². The van der Waals surface area contributed by atoms with E-state index in [9.17, 15) is 4.79 Å². The zero-order valence-corrected chi connectivity index (χ0v) is 8.83. The topological polar surface area (TPSA) is 55.1 Å². The third-order valence-corrected chi connectivity index (χ3v) is 2.65. The van der Waals surface area contributed by atoms with Gasteiger partial charge in [0.15, 0.2) is 0 Å². The molecule has 0 aliphatic heterocycles. The Morgan fingerprint density at radius 2 is 2.21 bits per heavy atom. The molecule has 0 aromatic carbocycles. The van der Waals surface area contributed by atoms with E-state index in [4.69, 9.17) is 5.73 Å². The van der Waals surface area contributed by atoms with Gasteiger partial charge in [0, 0.05) is 18.5 Å². The second-order valence-corrected chi connectivity index (χ2v) is 3.87. The van der Waals surface area contributed by atoms with Crippen LogP contribution in [0.2, 0.25) is 0 Å². The zero-order valence-electron chi connectivity index (χ0n) is 8.83. The van der Waals surface area contributed by atoms with Crippen molar-refractivity contribution in [2.24, 2.45) is 11.7 Å². The van der Waals surface area contributed by atoms with Crippen molar-refractivity contribution >= 4 is 5.91 Å². The van der Waals surface area contributed by atoms with E-state index in [2.05, 4.69) is 24.4 Å². The number of nitrogens with one attached hydrogen (secondary N) is 1. The first-order valence-electron chi connectivity index (χ1n) is 5.43. The Labute approximate surface area is 85.7 Å². The summed E-state index contributed by atoms with van der Waals surface area (Å²) in [6.07, 6.45) is 7.95. The number of hydrogen-bond donors (Lipinski definition) is 2. The smallest absolute Gasteiger partial charge is 0.223 e. The first-order chi connectivity index (χ1) is 6.77. The van der Waals surface area contributed by atoms with E-state index in [1.807, 2.05) is 0 Å². The van der Waals surface area contributed by atoms with Crippen LogP contribution in [0, 0.1) is 5.92 Å². The number of allylic oxidation sites excluding steroid dienone is 2. The molecule has 1 unspecified atom stereocenters. The first kappa shape index (κ1) is 11.2. The van der Waals surface area contributed by atoms with Crippen LogP contribution >= 0.6 is 0 Å². The fraction of sp³-hybridized carbons (Fsp3) is 0.727. The highest BCUT2D eigenvalue weighted by Crippen LogP contribution is 2.17. The molecule has 1 aliphatic rings. The standard InChI is InChI=1S/C11H20N2O/c1-2-5-10(8-12)13-11(14)9-6-3-4-7-9/h3-4,9-10H,2,5-8,12H2,1H3,(H,13,14). The summed E-state index contributed by atoms with van der Waals surface area (Å²) < 4.78 is 0. The highest BCUT2D eigenvalue weighted by Gasteiger charge is 2.20. The van der Waals surface area contributed by atoms with Crippen LogP contribution in [0.3, 0.4) is 0 Å². The van der Waals surface area contributed by atoms with E-state index in [1.54, 1.807) is 0 Å². The maximum absolute atomic E-state index is 11.7. The summed E-state index contributed by atoms with van der Waals surface area (Å²) in [5, 5.41) is 3.01. The molecule has 0 heterocycles. The molecular weight excluding hydrogens is 176 g/mol. The van der Waals surface area contributed by atoms with Crippen molar-refractivity contribution < 1.29 is 4.79 Å². The molecule has 0 bridgehead atoms. The Morgan fingerprint density at radius 3 is 2.71 bits per heavy atom. The van der Waals surface area contributed by atoms with Crippen LogP contribution < -0.4 is 11.1 Å². The van der Waals surface area contributed by atoms with Crippen molar-refractivity contribution in [3.05, 3.63) is 12.2 Å². The Kier molecular flexibility index (Phi) is 4.66. The highest BCUT2D eigenvalue weighted by atomic mass is 16.1. The van der Waals surface area contributed by atoms with Gasteiger partial charge in [-0.1, -0.05) is 25.5 Å². The molecule has 3 heteroatoms. The summed E-state index contributed by atoms with van der Waals surface area (Å²) in [5.41, 5.74) is 5.58. The molecule has 80 valence electrons. The van der Waals surface area contributed by atoms with Gasteiger partial charge in [0.1, 0.15) is 0 Å². The molecule has 14 heavy (non-hydrogen) atoms. The maximum atomic E-state index is 11.7. The van der Waals surface area contributed by atoms with E-state index >= 15 is 0 Å². The van der Waals surface area contributed by atoms with Crippen LogP contribution in [0.4, 0.5) is 0 Å². The predicted octanol–water partition coefficient (Wildman–Crippen LogP) is 1.20. The summed E-state index contributed by atoms with van der Waals surface area (Å²) in [6.45, 7) is 2.64. The van der Waals surface area contributed by atoms with Gasteiger partial charge in [-0.3, -0.25) is 4.79 Å². The molecular formula is C11H20N2O. The second kappa shape index (κ2) is 5.81. The van der Waals surface area contributed by atoms with Gasteiger partial charge in [0.25, 0.3) is 0 Å². The first-order valence-corrected chi connectivity index (χ1v) is 5.43. The molecule has 1 amide bonds. The molecule has 0 aromatic rings. The van der Waals surface area contributed by atoms with Gasteiger partial charge in [-0.25, -0.2) is 0 Å². The minimum absolute atomic E-state index is 0.154. The van der Waals surface area contributed by atoms with Crippen LogP contribution in [0.5, 0.6) is 0 Å². The SMILES string of the molecule is CCCC(CN)NC(=O)C1CC=CC1. The van der Waals surface area contributed by atoms with E-state index in [0.29, 0.717) is 6.54 Å². The maximum Gasteiger partial charge on any atom is 0.223 e. The second-order valence-electron chi connectivity index (χ2n) is 3.87. The molecule has 0 aromatic heterocycles. The summed E-state index contributed by atoms with van der Waals surface area (Å²) >= 11 is 0. The fourth-order valence-electron chi connectivity index (χ4n) is 1.75. The third-order valence-electron chi connectivity index (χ3n) is 2.65. The van der Waals surface area contributed by atoms with Crippen molar-refractivity contribution in [3.8, 4) is 0 Å². The molecule has 3 nitrogen and oxygen atoms in total. The Morgan fingerprint density at radius 1 is 1.57 bits per heavy atom. The highest BCUT2D eigenvalue weighted by molar-refractivity contribution is 5.79. The summed E-state index contributed by atoms with van der Waals surface area (Å²) in [5.74, 6) is 0.319. The Hall–Kier alpha value is -0.830. The van der Waals surface area contributed by atoms with Gasteiger partial charge < -0.3 is 11.1 Å². The van der Waals surface area contributed by atoms with Gasteiger partial charge in [0.2, 0.25) is 5.91 Å². The molecule has 1 atom stereocenters. The quantitative estimate of drug-likeness (QED) is 0.649. The van der Waals surface area contributed by atoms with Crippen LogP contribution in [0.1, 0.15) is 32.6 Å². The lowest BCUT2D eigenvalue weighted by Gasteiger charge is -2.18. The van der Waals surface area contributed by atoms with E-state index < -0.39 is 0 Å². The Balaban J connectivity index is 2.30. The largest absolute Gasteiger partial charge is 0.352 e. The van der Waals surface area contributed by atoms with Crippen molar-refractivity contribution in [2.75, 3.05) is 6.54 Å². The Bertz CT molecular complexity index is 205. The number of nitrogens with two attached hydrogens (primary N) is 1. The van der Waals surface area contributed by atoms with Crippen molar-refractivity contribution in [2.45, 2.75) is 38.6 Å². The van der Waals surface area contributed by atoms with Crippen LogP contribution in [-0.4, -0.2) is 18.5 Å². The number of amides is 1. The number of hydrogen-bond acceptors (Lipinski definition) is 2. The molecule has 0 spiro atoms.